The van der Waals surface area contributed by atoms with Crippen molar-refractivity contribution in [3.63, 3.8) is 0 Å². The summed E-state index contributed by atoms with van der Waals surface area (Å²) < 4.78 is 13.8. The van der Waals surface area contributed by atoms with Crippen LogP contribution in [-0.4, -0.2) is 11.1 Å². The number of carboxylic acids is 1. The van der Waals surface area contributed by atoms with Gasteiger partial charge in [-0.1, -0.05) is 29.4 Å². The van der Waals surface area contributed by atoms with Crippen LogP contribution in [0.2, 0.25) is 5.02 Å². The van der Waals surface area contributed by atoms with Gasteiger partial charge in [-0.2, -0.15) is 0 Å². The van der Waals surface area contributed by atoms with Gasteiger partial charge in [-0.25, -0.2) is 9.18 Å². The number of nitrogen functional groups attached to an aromatic ring is 1. The number of benzene rings is 2. The van der Waals surface area contributed by atoms with E-state index in [4.69, 9.17) is 22.4 Å². The first-order valence-electron chi connectivity index (χ1n) is 5.23. The molecule has 6 heteroatoms. The number of halogens is 2. The second-order valence-corrected chi connectivity index (χ2v) is 5.29. The Hall–Kier alpha value is -1.72. The number of carboxylic acid groups (broad SMARTS) is 1. The van der Waals surface area contributed by atoms with Crippen LogP contribution in [-0.2, 0) is 0 Å². The topological polar surface area (TPSA) is 63.3 Å². The van der Waals surface area contributed by atoms with Crippen LogP contribution < -0.4 is 5.73 Å². The monoisotopic (exact) mass is 297 g/mol. The summed E-state index contributed by atoms with van der Waals surface area (Å²) >= 11 is 6.93. The van der Waals surface area contributed by atoms with Gasteiger partial charge in [0.25, 0.3) is 0 Å². The van der Waals surface area contributed by atoms with Gasteiger partial charge in [-0.3, -0.25) is 0 Å². The minimum Gasteiger partial charge on any atom is -0.478 e. The number of rotatable bonds is 3. The molecular weight excluding hydrogens is 289 g/mol. The summed E-state index contributed by atoms with van der Waals surface area (Å²) in [7, 11) is 0. The highest BCUT2D eigenvalue weighted by Gasteiger charge is 2.14. The molecule has 0 amide bonds. The van der Waals surface area contributed by atoms with Gasteiger partial charge in [0.15, 0.2) is 0 Å². The van der Waals surface area contributed by atoms with E-state index in [1.165, 1.54) is 6.07 Å². The number of hydrogen-bond donors (Lipinski definition) is 2. The van der Waals surface area contributed by atoms with Crippen LogP contribution in [0, 0.1) is 5.82 Å². The van der Waals surface area contributed by atoms with E-state index in [0.29, 0.717) is 9.92 Å². The smallest absolute Gasteiger partial charge is 0.337 e. The van der Waals surface area contributed by atoms with Crippen LogP contribution in [0.1, 0.15) is 10.4 Å². The highest BCUT2D eigenvalue weighted by Crippen LogP contribution is 2.33. The summed E-state index contributed by atoms with van der Waals surface area (Å²) in [5.74, 6) is -1.75. The van der Waals surface area contributed by atoms with Crippen LogP contribution in [0.5, 0.6) is 0 Å². The zero-order valence-electron chi connectivity index (χ0n) is 9.56. The van der Waals surface area contributed by atoms with E-state index in [0.717, 1.165) is 17.8 Å². The number of hydrogen-bond acceptors (Lipinski definition) is 3. The Morgan fingerprint density at radius 2 is 2.05 bits per heavy atom. The molecule has 2 aromatic rings. The predicted molar refractivity (Wildman–Crippen MR) is 73.3 cm³/mol. The lowest BCUT2D eigenvalue weighted by atomic mass is 10.2. The van der Waals surface area contributed by atoms with E-state index >= 15 is 0 Å². The molecule has 0 saturated carbocycles. The molecule has 0 saturated heterocycles. The zero-order chi connectivity index (χ0) is 14.0. The van der Waals surface area contributed by atoms with Crippen molar-refractivity contribution in [3.8, 4) is 0 Å². The first-order chi connectivity index (χ1) is 8.97. The first kappa shape index (κ1) is 13.7. The van der Waals surface area contributed by atoms with Crippen LogP contribution >= 0.6 is 23.4 Å². The van der Waals surface area contributed by atoms with Crippen molar-refractivity contribution in [1.29, 1.82) is 0 Å². The summed E-state index contributed by atoms with van der Waals surface area (Å²) in [5, 5.41) is 9.49. The molecule has 0 aromatic heterocycles. The van der Waals surface area contributed by atoms with Gasteiger partial charge in [-0.05, 0) is 30.3 Å². The van der Waals surface area contributed by atoms with Crippen LogP contribution in [0.3, 0.4) is 0 Å². The lowest BCUT2D eigenvalue weighted by molar-refractivity contribution is 0.0697. The average Bonchev–Trinajstić information content (AvgIpc) is 2.32. The van der Waals surface area contributed by atoms with E-state index in [2.05, 4.69) is 0 Å². The second kappa shape index (κ2) is 5.50. The lowest BCUT2D eigenvalue weighted by Crippen LogP contribution is -2.03. The highest BCUT2D eigenvalue weighted by molar-refractivity contribution is 7.99. The molecule has 0 radical (unpaired) electrons. The molecule has 3 N–H and O–H groups in total. The van der Waals surface area contributed by atoms with Gasteiger partial charge >= 0.3 is 5.97 Å². The Bertz CT molecular complexity index is 649. The molecule has 0 aliphatic carbocycles. The molecule has 0 heterocycles. The third kappa shape index (κ3) is 3.19. The van der Waals surface area contributed by atoms with Crippen molar-refractivity contribution in [2.75, 3.05) is 5.73 Å². The third-order valence-corrected chi connectivity index (χ3v) is 3.62. The maximum absolute atomic E-state index is 13.8. The van der Waals surface area contributed by atoms with Gasteiger partial charge in [0.05, 0.1) is 5.56 Å². The molecule has 0 unspecified atom stereocenters. The Morgan fingerprint density at radius 3 is 2.68 bits per heavy atom. The molecule has 2 rings (SSSR count). The Labute approximate surface area is 118 Å². The second-order valence-electron chi connectivity index (χ2n) is 3.73. The molecule has 0 bridgehead atoms. The normalized spacial score (nSPS) is 10.4. The van der Waals surface area contributed by atoms with Gasteiger partial charge in [0.1, 0.15) is 5.82 Å². The van der Waals surface area contributed by atoms with Crippen molar-refractivity contribution in [2.45, 2.75) is 9.79 Å². The fourth-order valence-corrected chi connectivity index (χ4v) is 2.66. The van der Waals surface area contributed by atoms with Gasteiger partial charge in [-0.15, -0.1) is 0 Å². The fraction of sp³-hybridized carbons (Fsp3) is 0. The summed E-state index contributed by atoms with van der Waals surface area (Å²) in [6, 6.07) is 9.09. The zero-order valence-corrected chi connectivity index (χ0v) is 11.1. The SMILES string of the molecule is Nc1cc(F)c(Sc2cccc(Cl)c2)cc1C(=O)O. The third-order valence-electron chi connectivity index (χ3n) is 2.36. The Morgan fingerprint density at radius 1 is 1.32 bits per heavy atom. The van der Waals surface area contributed by atoms with E-state index in [-0.39, 0.29) is 16.1 Å². The molecule has 98 valence electrons. The number of carbonyl (C=O) groups is 1. The minimum atomic E-state index is -1.19. The predicted octanol–water partition coefficient (Wildman–Crippen LogP) is 3.91. The fourth-order valence-electron chi connectivity index (χ4n) is 1.49. The summed E-state index contributed by atoms with van der Waals surface area (Å²) in [6.07, 6.45) is 0. The standard InChI is InChI=1S/C13H9ClFNO2S/c14-7-2-1-3-8(4-7)19-12-5-9(13(17)18)11(16)6-10(12)15/h1-6H,16H2,(H,17,18). The molecule has 0 atom stereocenters. The highest BCUT2D eigenvalue weighted by atomic mass is 35.5. The molecule has 19 heavy (non-hydrogen) atoms. The molecule has 0 fully saturated rings. The molecule has 0 aliphatic rings. The molecule has 0 aliphatic heterocycles. The number of anilines is 1. The molecular formula is C13H9ClFNO2S. The first-order valence-corrected chi connectivity index (χ1v) is 6.42. The average molecular weight is 298 g/mol. The quantitative estimate of drug-likeness (QED) is 0.843. The van der Waals surface area contributed by atoms with Crippen molar-refractivity contribution < 1.29 is 14.3 Å². The number of nitrogens with two attached hydrogens (primary N) is 1. The summed E-state index contributed by atoms with van der Waals surface area (Å²) in [4.78, 5) is 11.9. The van der Waals surface area contributed by atoms with E-state index in [9.17, 15) is 9.18 Å². The van der Waals surface area contributed by atoms with Crippen LogP contribution in [0.15, 0.2) is 46.2 Å². The summed E-state index contributed by atoms with van der Waals surface area (Å²) in [6.45, 7) is 0. The van der Waals surface area contributed by atoms with Gasteiger partial charge in [0, 0.05) is 20.5 Å². The Balaban J connectivity index is 2.40. The number of aromatic carboxylic acids is 1. The van der Waals surface area contributed by atoms with E-state index in [1.54, 1.807) is 24.3 Å². The minimum absolute atomic E-state index is 0.0968. The van der Waals surface area contributed by atoms with Crippen LogP contribution in [0.4, 0.5) is 10.1 Å². The molecule has 3 nitrogen and oxygen atoms in total. The van der Waals surface area contributed by atoms with E-state index in [1.807, 2.05) is 0 Å². The van der Waals surface area contributed by atoms with Crippen molar-refractivity contribution >= 4 is 35.0 Å². The van der Waals surface area contributed by atoms with Crippen molar-refractivity contribution in [3.05, 3.63) is 52.8 Å². The maximum atomic E-state index is 13.8. The van der Waals surface area contributed by atoms with Gasteiger partial charge in [0.2, 0.25) is 0 Å². The van der Waals surface area contributed by atoms with Gasteiger partial charge < -0.3 is 10.8 Å². The molecule has 2 aromatic carbocycles. The largest absolute Gasteiger partial charge is 0.478 e. The Kier molecular flexibility index (Phi) is 3.97. The molecule has 0 spiro atoms. The summed E-state index contributed by atoms with van der Waals surface area (Å²) in [5.41, 5.74) is 5.24. The maximum Gasteiger partial charge on any atom is 0.337 e. The van der Waals surface area contributed by atoms with E-state index < -0.39 is 11.8 Å². The van der Waals surface area contributed by atoms with Crippen molar-refractivity contribution in [2.24, 2.45) is 0 Å². The van der Waals surface area contributed by atoms with Crippen molar-refractivity contribution in [1.82, 2.24) is 0 Å². The lowest BCUT2D eigenvalue weighted by Gasteiger charge is -2.07. The van der Waals surface area contributed by atoms with Crippen LogP contribution in [0.25, 0.3) is 0 Å².